The summed E-state index contributed by atoms with van der Waals surface area (Å²) in [6, 6.07) is 16.8. The molecule has 1 aliphatic heterocycles. The molecule has 0 spiro atoms. The summed E-state index contributed by atoms with van der Waals surface area (Å²) < 4.78 is 1.72. The lowest BCUT2D eigenvalue weighted by atomic mass is 9.98. The predicted molar refractivity (Wildman–Crippen MR) is 127 cm³/mol. The van der Waals surface area contributed by atoms with E-state index in [2.05, 4.69) is 5.32 Å². The van der Waals surface area contributed by atoms with E-state index in [1.807, 2.05) is 55.5 Å². The number of nitrogens with one attached hydrogen (secondary N) is 1. The first-order chi connectivity index (χ1) is 15.0. The highest BCUT2D eigenvalue weighted by Crippen LogP contribution is 2.48. The van der Waals surface area contributed by atoms with Crippen molar-refractivity contribution in [1.82, 2.24) is 4.57 Å². The van der Waals surface area contributed by atoms with Gasteiger partial charge in [-0.15, -0.1) is 11.8 Å². The van der Waals surface area contributed by atoms with E-state index in [4.69, 9.17) is 11.6 Å². The number of fused-ring (bicyclic) bond motifs is 1. The lowest BCUT2D eigenvalue weighted by Gasteiger charge is -2.18. The summed E-state index contributed by atoms with van der Waals surface area (Å²) in [7, 11) is 0. The largest absolute Gasteiger partial charge is 0.324 e. The molecule has 1 aromatic heterocycles. The molecule has 5 rings (SSSR count). The van der Waals surface area contributed by atoms with Gasteiger partial charge in [-0.3, -0.25) is 14.2 Å². The Bertz CT molecular complexity index is 1200. The molecule has 4 nitrogen and oxygen atoms in total. The zero-order valence-electron chi connectivity index (χ0n) is 17.2. The van der Waals surface area contributed by atoms with Gasteiger partial charge in [0.15, 0.2) is 0 Å². The number of halogens is 1. The van der Waals surface area contributed by atoms with Gasteiger partial charge in [-0.25, -0.2) is 0 Å². The van der Waals surface area contributed by atoms with Crippen molar-refractivity contribution in [3.63, 3.8) is 0 Å². The van der Waals surface area contributed by atoms with Crippen LogP contribution in [0, 0.1) is 6.92 Å². The fraction of sp³-hybridized carbons (Fsp3) is 0.280. The summed E-state index contributed by atoms with van der Waals surface area (Å²) in [5.41, 5.74) is 5.25. The van der Waals surface area contributed by atoms with Crippen LogP contribution in [0.15, 0.2) is 64.4 Å². The Kier molecular flexibility index (Phi) is 5.40. The molecular formula is C25H23ClN2O2S. The molecule has 1 amide bonds. The number of aromatic nitrogens is 1. The van der Waals surface area contributed by atoms with E-state index in [9.17, 15) is 9.59 Å². The van der Waals surface area contributed by atoms with Crippen molar-refractivity contribution in [3.05, 3.63) is 92.2 Å². The highest BCUT2D eigenvalue weighted by molar-refractivity contribution is 7.99. The van der Waals surface area contributed by atoms with Crippen molar-refractivity contribution < 1.29 is 4.79 Å². The topological polar surface area (TPSA) is 51.1 Å². The maximum Gasteiger partial charge on any atom is 0.252 e. The van der Waals surface area contributed by atoms with Gasteiger partial charge in [-0.05, 0) is 73.1 Å². The molecule has 2 aliphatic rings. The van der Waals surface area contributed by atoms with Gasteiger partial charge < -0.3 is 5.32 Å². The Morgan fingerprint density at radius 1 is 1.13 bits per heavy atom. The Balaban J connectivity index is 1.47. The highest BCUT2D eigenvalue weighted by Gasteiger charge is 2.37. The number of carbonyl (C=O) groups excluding carboxylic acids is 1. The zero-order valence-corrected chi connectivity index (χ0v) is 18.8. The van der Waals surface area contributed by atoms with Crippen LogP contribution in [0.3, 0.4) is 0 Å². The number of hydrogen-bond acceptors (Lipinski definition) is 3. The molecule has 0 saturated heterocycles. The maximum atomic E-state index is 13.1. The third-order valence-electron chi connectivity index (χ3n) is 5.94. The van der Waals surface area contributed by atoms with Crippen LogP contribution in [-0.4, -0.2) is 16.2 Å². The summed E-state index contributed by atoms with van der Waals surface area (Å²) in [6.45, 7) is 2.01. The molecule has 2 heterocycles. The molecular weight excluding hydrogens is 428 g/mol. The number of thioether (sulfide) groups is 1. The van der Waals surface area contributed by atoms with Crippen molar-refractivity contribution in [2.24, 2.45) is 0 Å². The zero-order chi connectivity index (χ0) is 21.5. The van der Waals surface area contributed by atoms with E-state index < -0.39 is 6.04 Å². The average Bonchev–Trinajstić information content (AvgIpc) is 3.48. The van der Waals surface area contributed by atoms with E-state index in [0.29, 0.717) is 23.1 Å². The number of amides is 1. The predicted octanol–water partition coefficient (Wildman–Crippen LogP) is 5.56. The number of benzene rings is 2. The molecule has 158 valence electrons. The summed E-state index contributed by atoms with van der Waals surface area (Å²) in [6.07, 6.45) is 2.98. The third-order valence-corrected chi connectivity index (χ3v) is 7.36. The second-order valence-corrected chi connectivity index (χ2v) is 9.80. The van der Waals surface area contributed by atoms with Gasteiger partial charge in [0.2, 0.25) is 5.91 Å². The number of pyridine rings is 1. The number of nitrogens with zero attached hydrogens (tertiary/aromatic N) is 1. The van der Waals surface area contributed by atoms with Crippen LogP contribution < -0.4 is 10.9 Å². The van der Waals surface area contributed by atoms with Crippen LogP contribution in [0.5, 0.6) is 0 Å². The Morgan fingerprint density at radius 3 is 2.52 bits per heavy atom. The maximum absolute atomic E-state index is 13.1. The van der Waals surface area contributed by atoms with Crippen LogP contribution in [-0.2, 0) is 11.2 Å². The van der Waals surface area contributed by atoms with Gasteiger partial charge in [-0.1, -0.05) is 41.4 Å². The fourth-order valence-electron chi connectivity index (χ4n) is 4.17. The minimum Gasteiger partial charge on any atom is -0.324 e. The smallest absolute Gasteiger partial charge is 0.252 e. The Hall–Kier alpha value is -2.50. The molecule has 31 heavy (non-hydrogen) atoms. The first-order valence-corrected chi connectivity index (χ1v) is 11.9. The standard InChI is InChI=1S/C25H23ClN2O2S/c1-15-2-10-20(11-3-15)27-24(30)21-14-31-25-23(17-6-7-17)18(13-22(29)28(21)25)12-16-4-8-19(26)9-5-16/h2-5,8-11,13,17,21H,6-7,12,14H2,1H3,(H,27,30). The van der Waals surface area contributed by atoms with E-state index in [-0.39, 0.29) is 11.5 Å². The van der Waals surface area contributed by atoms with Gasteiger partial charge in [0.1, 0.15) is 6.04 Å². The van der Waals surface area contributed by atoms with Gasteiger partial charge >= 0.3 is 0 Å². The van der Waals surface area contributed by atoms with Crippen LogP contribution >= 0.6 is 23.4 Å². The molecule has 1 unspecified atom stereocenters. The van der Waals surface area contributed by atoms with Crippen LogP contribution in [0.2, 0.25) is 5.02 Å². The first-order valence-electron chi connectivity index (χ1n) is 10.5. The lowest BCUT2D eigenvalue weighted by molar-refractivity contribution is -0.118. The van der Waals surface area contributed by atoms with Crippen molar-refractivity contribution in [3.8, 4) is 0 Å². The Labute approximate surface area is 190 Å². The SMILES string of the molecule is Cc1ccc(NC(=O)C2CSc3c(C4CC4)c(Cc4ccc(Cl)cc4)cc(=O)n32)cc1. The quantitative estimate of drug-likeness (QED) is 0.553. The van der Waals surface area contributed by atoms with Gasteiger partial charge in [-0.2, -0.15) is 0 Å². The second kappa shape index (κ2) is 8.21. The molecule has 6 heteroatoms. The Morgan fingerprint density at radius 2 is 1.84 bits per heavy atom. The lowest BCUT2D eigenvalue weighted by Crippen LogP contribution is -2.33. The number of aryl methyl sites for hydroxylation is 1. The van der Waals surface area contributed by atoms with Crippen molar-refractivity contribution in [1.29, 1.82) is 0 Å². The first kappa shape index (κ1) is 20.4. The summed E-state index contributed by atoms with van der Waals surface area (Å²) in [5, 5.41) is 4.66. The molecule has 3 aromatic rings. The number of anilines is 1. The minimum atomic E-state index is -0.490. The highest BCUT2D eigenvalue weighted by atomic mass is 35.5. The molecule has 1 fully saturated rings. The normalized spacial score (nSPS) is 17.4. The van der Waals surface area contributed by atoms with Gasteiger partial charge in [0, 0.05) is 22.5 Å². The van der Waals surface area contributed by atoms with Crippen molar-refractivity contribution in [2.45, 2.75) is 43.2 Å². The minimum absolute atomic E-state index is 0.0996. The van der Waals surface area contributed by atoms with Crippen LogP contribution in [0.1, 0.15) is 47.1 Å². The molecule has 2 aromatic carbocycles. The summed E-state index contributed by atoms with van der Waals surface area (Å²) >= 11 is 7.66. The van der Waals surface area contributed by atoms with Crippen LogP contribution in [0.4, 0.5) is 5.69 Å². The van der Waals surface area contributed by atoms with Crippen molar-refractivity contribution in [2.75, 3.05) is 11.1 Å². The van der Waals surface area contributed by atoms with Gasteiger partial charge in [0.05, 0.1) is 5.03 Å². The molecule has 0 radical (unpaired) electrons. The monoisotopic (exact) mass is 450 g/mol. The average molecular weight is 451 g/mol. The second-order valence-electron chi connectivity index (χ2n) is 8.36. The number of carbonyl (C=O) groups is 1. The van der Waals surface area contributed by atoms with E-state index in [1.165, 1.54) is 5.56 Å². The summed E-state index contributed by atoms with van der Waals surface area (Å²) in [4.78, 5) is 26.2. The third kappa shape index (κ3) is 4.17. The number of rotatable bonds is 5. The molecule has 1 aliphatic carbocycles. The van der Waals surface area contributed by atoms with E-state index in [0.717, 1.165) is 40.2 Å². The summed E-state index contributed by atoms with van der Waals surface area (Å²) in [5.74, 6) is 0.928. The van der Waals surface area contributed by atoms with Crippen LogP contribution in [0.25, 0.3) is 0 Å². The fourth-order valence-corrected chi connectivity index (χ4v) is 5.72. The van der Waals surface area contributed by atoms with E-state index >= 15 is 0 Å². The molecule has 1 atom stereocenters. The van der Waals surface area contributed by atoms with Gasteiger partial charge in [0.25, 0.3) is 5.56 Å². The molecule has 0 bridgehead atoms. The number of hydrogen-bond donors (Lipinski definition) is 1. The van der Waals surface area contributed by atoms with E-state index in [1.54, 1.807) is 22.4 Å². The van der Waals surface area contributed by atoms with Crippen molar-refractivity contribution >= 4 is 35.0 Å². The molecule has 1 saturated carbocycles. The molecule has 1 N–H and O–H groups in total.